The molecule has 0 fully saturated rings. The van der Waals surface area contributed by atoms with Crippen LogP contribution in [0.4, 0.5) is 10.1 Å². The number of nitrogens with one attached hydrogen (secondary N) is 1. The number of rotatable bonds is 4. The molecule has 3 rings (SSSR count). The number of halogens is 2. The summed E-state index contributed by atoms with van der Waals surface area (Å²) in [7, 11) is 0. The standard InChI is InChI=1S/C14H9ClFN3O2S/c15-10-5-12-13(6-11(10)16)18-14(17-12)22-7-8-1-3-9(4-2-8)19(20)21/h1-6H,7H2,(H,17,18). The lowest BCUT2D eigenvalue weighted by molar-refractivity contribution is -0.384. The second-order valence-electron chi connectivity index (χ2n) is 4.54. The van der Waals surface area contributed by atoms with Crippen molar-refractivity contribution in [3.8, 4) is 0 Å². The van der Waals surface area contributed by atoms with Crippen LogP contribution in [0.2, 0.25) is 5.02 Å². The van der Waals surface area contributed by atoms with Crippen LogP contribution in [-0.4, -0.2) is 14.9 Å². The monoisotopic (exact) mass is 337 g/mol. The first-order chi connectivity index (χ1) is 10.5. The van der Waals surface area contributed by atoms with E-state index in [9.17, 15) is 14.5 Å². The molecule has 1 N–H and O–H groups in total. The van der Waals surface area contributed by atoms with Crippen molar-refractivity contribution in [3.63, 3.8) is 0 Å². The van der Waals surface area contributed by atoms with Gasteiger partial charge in [0.2, 0.25) is 0 Å². The largest absolute Gasteiger partial charge is 0.333 e. The third-order valence-corrected chi connectivity index (χ3v) is 4.26. The average molecular weight is 338 g/mol. The fourth-order valence-corrected chi connectivity index (χ4v) is 2.91. The Hall–Kier alpha value is -2.12. The molecule has 0 amide bonds. The fourth-order valence-electron chi connectivity index (χ4n) is 1.92. The van der Waals surface area contributed by atoms with Crippen molar-refractivity contribution < 1.29 is 9.31 Å². The first-order valence-corrected chi connectivity index (χ1v) is 7.60. The maximum absolute atomic E-state index is 13.4. The van der Waals surface area contributed by atoms with E-state index < -0.39 is 10.7 Å². The first kappa shape index (κ1) is 14.8. The summed E-state index contributed by atoms with van der Waals surface area (Å²) in [5, 5.41) is 11.3. The van der Waals surface area contributed by atoms with Crippen LogP contribution in [0.15, 0.2) is 41.6 Å². The lowest BCUT2D eigenvalue weighted by Gasteiger charge is -1.98. The summed E-state index contributed by atoms with van der Waals surface area (Å²) < 4.78 is 13.4. The second-order valence-corrected chi connectivity index (χ2v) is 5.91. The average Bonchev–Trinajstić information content (AvgIpc) is 2.88. The van der Waals surface area contributed by atoms with E-state index in [1.54, 1.807) is 12.1 Å². The topological polar surface area (TPSA) is 71.8 Å². The molecule has 0 aliphatic rings. The SMILES string of the molecule is O=[N+]([O-])c1ccc(CSc2nc3cc(Cl)c(F)cc3[nH]2)cc1. The Morgan fingerprint density at radius 2 is 2.05 bits per heavy atom. The zero-order valence-electron chi connectivity index (χ0n) is 11.0. The normalized spacial score (nSPS) is 11.0. The number of non-ortho nitro benzene ring substituents is 1. The van der Waals surface area contributed by atoms with E-state index in [2.05, 4.69) is 9.97 Å². The van der Waals surface area contributed by atoms with Crippen molar-refractivity contribution >= 4 is 40.1 Å². The van der Waals surface area contributed by atoms with Crippen LogP contribution >= 0.6 is 23.4 Å². The minimum atomic E-state index is -0.496. The van der Waals surface area contributed by atoms with Gasteiger partial charge in [-0.2, -0.15) is 0 Å². The molecule has 0 aliphatic carbocycles. The molecule has 2 aromatic carbocycles. The molecule has 0 atom stereocenters. The molecule has 0 bridgehead atoms. The minimum Gasteiger partial charge on any atom is -0.333 e. The highest BCUT2D eigenvalue weighted by atomic mass is 35.5. The Balaban J connectivity index is 1.74. The molecule has 0 radical (unpaired) electrons. The van der Waals surface area contributed by atoms with E-state index >= 15 is 0 Å². The number of thioether (sulfide) groups is 1. The molecule has 0 spiro atoms. The Kier molecular flexibility index (Phi) is 4.00. The van der Waals surface area contributed by atoms with Gasteiger partial charge in [0.25, 0.3) is 5.69 Å². The van der Waals surface area contributed by atoms with Crippen molar-refractivity contribution in [2.45, 2.75) is 10.9 Å². The van der Waals surface area contributed by atoms with Crippen LogP contribution in [0.1, 0.15) is 5.56 Å². The van der Waals surface area contributed by atoms with Gasteiger partial charge in [-0.3, -0.25) is 10.1 Å². The molecule has 0 unspecified atom stereocenters. The molecule has 1 heterocycles. The summed E-state index contributed by atoms with van der Waals surface area (Å²) in [6, 6.07) is 9.10. The summed E-state index contributed by atoms with van der Waals surface area (Å²) in [4.78, 5) is 17.5. The van der Waals surface area contributed by atoms with Gasteiger partial charge in [0.05, 0.1) is 21.0 Å². The van der Waals surface area contributed by atoms with Crippen LogP contribution in [0.25, 0.3) is 11.0 Å². The fraction of sp³-hybridized carbons (Fsp3) is 0.0714. The molecule has 3 aromatic rings. The number of fused-ring (bicyclic) bond motifs is 1. The third kappa shape index (κ3) is 3.05. The summed E-state index contributed by atoms with van der Waals surface area (Å²) in [5.41, 5.74) is 2.16. The molecule has 8 heteroatoms. The number of imidazole rings is 1. The van der Waals surface area contributed by atoms with Crippen LogP contribution in [0, 0.1) is 15.9 Å². The van der Waals surface area contributed by atoms with Gasteiger partial charge in [-0.05, 0) is 11.6 Å². The highest BCUT2D eigenvalue weighted by Crippen LogP contribution is 2.26. The summed E-state index contributed by atoms with van der Waals surface area (Å²) in [6.07, 6.45) is 0. The zero-order valence-corrected chi connectivity index (χ0v) is 12.6. The Bertz CT molecular complexity index is 812. The quantitative estimate of drug-likeness (QED) is 0.430. The van der Waals surface area contributed by atoms with Crippen LogP contribution in [0.5, 0.6) is 0 Å². The van der Waals surface area contributed by atoms with Crippen LogP contribution in [-0.2, 0) is 5.75 Å². The molecule has 112 valence electrons. The molecule has 1 aromatic heterocycles. The lowest BCUT2D eigenvalue weighted by Crippen LogP contribution is -1.88. The van der Waals surface area contributed by atoms with E-state index in [0.29, 0.717) is 21.9 Å². The number of H-pyrrole nitrogens is 1. The number of hydrogen-bond donors (Lipinski definition) is 1. The number of nitro benzene ring substituents is 1. The number of aromatic nitrogens is 2. The molecule has 0 aliphatic heterocycles. The van der Waals surface area contributed by atoms with Gasteiger partial charge < -0.3 is 4.98 Å². The van der Waals surface area contributed by atoms with Gasteiger partial charge >= 0.3 is 0 Å². The van der Waals surface area contributed by atoms with Gasteiger partial charge in [0, 0.05) is 24.0 Å². The van der Waals surface area contributed by atoms with Gasteiger partial charge in [-0.1, -0.05) is 35.5 Å². The highest BCUT2D eigenvalue weighted by Gasteiger charge is 2.09. The minimum absolute atomic E-state index is 0.0333. The van der Waals surface area contributed by atoms with Gasteiger partial charge in [-0.15, -0.1) is 0 Å². The van der Waals surface area contributed by atoms with Crippen molar-refractivity contribution in [1.82, 2.24) is 9.97 Å². The maximum Gasteiger partial charge on any atom is 0.269 e. The van der Waals surface area contributed by atoms with Crippen molar-refractivity contribution in [3.05, 3.63) is 62.9 Å². The zero-order chi connectivity index (χ0) is 15.7. The number of benzene rings is 2. The number of nitro groups is 1. The summed E-state index contributed by atoms with van der Waals surface area (Å²) >= 11 is 7.14. The van der Waals surface area contributed by atoms with E-state index in [1.807, 2.05) is 0 Å². The summed E-state index contributed by atoms with van der Waals surface area (Å²) in [5.74, 6) is 0.0957. The molecule has 0 saturated carbocycles. The van der Waals surface area contributed by atoms with Crippen molar-refractivity contribution in [1.29, 1.82) is 0 Å². The Morgan fingerprint density at radius 1 is 1.32 bits per heavy atom. The third-order valence-electron chi connectivity index (χ3n) is 3.02. The predicted molar refractivity (Wildman–Crippen MR) is 83.7 cm³/mol. The van der Waals surface area contributed by atoms with Crippen molar-refractivity contribution in [2.75, 3.05) is 0 Å². The molecule has 0 saturated heterocycles. The van der Waals surface area contributed by atoms with E-state index in [0.717, 1.165) is 5.56 Å². The first-order valence-electron chi connectivity index (χ1n) is 6.24. The smallest absolute Gasteiger partial charge is 0.269 e. The van der Waals surface area contributed by atoms with Crippen molar-refractivity contribution in [2.24, 2.45) is 0 Å². The van der Waals surface area contributed by atoms with E-state index in [4.69, 9.17) is 11.6 Å². The molecule has 22 heavy (non-hydrogen) atoms. The van der Waals surface area contributed by atoms with Gasteiger partial charge in [-0.25, -0.2) is 9.37 Å². The van der Waals surface area contributed by atoms with Crippen LogP contribution in [0.3, 0.4) is 0 Å². The number of aromatic amines is 1. The van der Waals surface area contributed by atoms with E-state index in [1.165, 1.54) is 36.0 Å². The highest BCUT2D eigenvalue weighted by molar-refractivity contribution is 7.98. The summed E-state index contributed by atoms with van der Waals surface area (Å²) in [6.45, 7) is 0. The Labute approximate surface area is 133 Å². The van der Waals surface area contributed by atoms with E-state index in [-0.39, 0.29) is 10.7 Å². The number of hydrogen-bond acceptors (Lipinski definition) is 4. The van der Waals surface area contributed by atoms with Gasteiger partial charge in [0.1, 0.15) is 5.82 Å². The van der Waals surface area contributed by atoms with Crippen LogP contribution < -0.4 is 0 Å². The Morgan fingerprint density at radius 3 is 2.73 bits per heavy atom. The molecular weight excluding hydrogens is 329 g/mol. The lowest BCUT2D eigenvalue weighted by atomic mass is 10.2. The second kappa shape index (κ2) is 5.94. The number of nitrogens with zero attached hydrogens (tertiary/aromatic N) is 2. The molecular formula is C14H9ClFN3O2S. The maximum atomic E-state index is 13.4. The predicted octanol–water partition coefficient (Wildman–Crippen LogP) is 4.56. The molecule has 5 nitrogen and oxygen atoms in total. The van der Waals surface area contributed by atoms with Gasteiger partial charge in [0.15, 0.2) is 5.16 Å².